The summed E-state index contributed by atoms with van der Waals surface area (Å²) < 4.78 is 5.17. The van der Waals surface area contributed by atoms with Crippen LogP contribution in [0.15, 0.2) is 53.4 Å². The van der Waals surface area contributed by atoms with E-state index < -0.39 is 11.9 Å². The van der Waals surface area contributed by atoms with Gasteiger partial charge in [-0.05, 0) is 44.0 Å². The average molecular weight is 413 g/mol. The number of hydrogen-bond donors (Lipinski definition) is 1. The van der Waals surface area contributed by atoms with Gasteiger partial charge >= 0.3 is 5.97 Å². The van der Waals surface area contributed by atoms with Crippen molar-refractivity contribution in [2.75, 3.05) is 30.8 Å². The lowest BCUT2D eigenvalue weighted by molar-refractivity contribution is -0.127. The van der Waals surface area contributed by atoms with Crippen LogP contribution in [0.25, 0.3) is 0 Å². The largest absolute Gasteiger partial charge is 0.452 e. The quantitative estimate of drug-likeness (QED) is 0.556. The molecule has 0 spiro atoms. The lowest BCUT2D eigenvalue weighted by atomic mass is 10.2. The van der Waals surface area contributed by atoms with E-state index in [0.29, 0.717) is 16.1 Å². The third-order valence-corrected chi connectivity index (χ3v) is 5.64. The van der Waals surface area contributed by atoms with Crippen molar-refractivity contribution in [3.8, 4) is 0 Å². The van der Waals surface area contributed by atoms with Crippen LogP contribution in [0.4, 0.5) is 5.69 Å². The summed E-state index contributed by atoms with van der Waals surface area (Å²) in [5.41, 5.74) is 2.09. The van der Waals surface area contributed by atoms with Crippen molar-refractivity contribution < 1.29 is 19.1 Å². The SMILES string of the molecule is Cc1ccc(NC(=O)COC(=O)c2ccccc2SCC(=O)N2CCCC2)cc1. The summed E-state index contributed by atoms with van der Waals surface area (Å²) in [6, 6.07) is 14.3. The summed E-state index contributed by atoms with van der Waals surface area (Å²) >= 11 is 1.32. The van der Waals surface area contributed by atoms with Gasteiger partial charge in [-0.25, -0.2) is 4.79 Å². The third kappa shape index (κ3) is 6.09. The number of thioether (sulfide) groups is 1. The number of ether oxygens (including phenoxy) is 1. The molecule has 7 heteroatoms. The van der Waals surface area contributed by atoms with Gasteiger partial charge in [-0.15, -0.1) is 11.8 Å². The Morgan fingerprint density at radius 1 is 1.03 bits per heavy atom. The zero-order valence-corrected chi connectivity index (χ0v) is 17.2. The normalized spacial score (nSPS) is 13.2. The minimum Gasteiger partial charge on any atom is -0.452 e. The fraction of sp³-hybridized carbons (Fsp3) is 0.318. The van der Waals surface area contributed by atoms with Crippen LogP contribution in [-0.4, -0.2) is 48.1 Å². The predicted molar refractivity (Wildman–Crippen MR) is 113 cm³/mol. The number of carbonyl (C=O) groups excluding carboxylic acids is 3. The summed E-state index contributed by atoms with van der Waals surface area (Å²) in [5, 5.41) is 2.69. The molecule has 0 aliphatic carbocycles. The second-order valence-electron chi connectivity index (χ2n) is 6.86. The Labute approximate surface area is 174 Å². The first-order valence-electron chi connectivity index (χ1n) is 9.56. The Balaban J connectivity index is 1.52. The molecule has 0 bridgehead atoms. The van der Waals surface area contributed by atoms with Crippen molar-refractivity contribution in [2.24, 2.45) is 0 Å². The number of esters is 1. The van der Waals surface area contributed by atoms with Crippen LogP contribution >= 0.6 is 11.8 Å². The number of anilines is 1. The molecule has 1 aliphatic rings. The van der Waals surface area contributed by atoms with E-state index >= 15 is 0 Å². The van der Waals surface area contributed by atoms with E-state index in [1.54, 1.807) is 30.3 Å². The molecular weight excluding hydrogens is 388 g/mol. The molecule has 2 aromatic carbocycles. The van der Waals surface area contributed by atoms with Crippen molar-refractivity contribution >= 4 is 35.2 Å². The molecule has 0 unspecified atom stereocenters. The smallest absolute Gasteiger partial charge is 0.339 e. The fourth-order valence-corrected chi connectivity index (χ4v) is 3.94. The molecule has 3 rings (SSSR count). The Morgan fingerprint density at radius 3 is 2.45 bits per heavy atom. The van der Waals surface area contributed by atoms with Gasteiger partial charge in [0.1, 0.15) is 0 Å². The molecule has 0 atom stereocenters. The van der Waals surface area contributed by atoms with Gasteiger partial charge in [-0.3, -0.25) is 9.59 Å². The minimum absolute atomic E-state index is 0.0770. The Bertz CT molecular complexity index is 877. The maximum absolute atomic E-state index is 12.5. The van der Waals surface area contributed by atoms with Crippen LogP contribution in [0.5, 0.6) is 0 Å². The molecule has 1 aliphatic heterocycles. The fourth-order valence-electron chi connectivity index (χ4n) is 3.00. The zero-order chi connectivity index (χ0) is 20.6. The first kappa shape index (κ1) is 20.9. The molecule has 2 aromatic rings. The topological polar surface area (TPSA) is 75.7 Å². The highest BCUT2D eigenvalue weighted by molar-refractivity contribution is 8.00. The minimum atomic E-state index is -0.583. The van der Waals surface area contributed by atoms with Crippen LogP contribution in [0.1, 0.15) is 28.8 Å². The van der Waals surface area contributed by atoms with E-state index in [9.17, 15) is 14.4 Å². The molecule has 152 valence electrons. The van der Waals surface area contributed by atoms with E-state index in [2.05, 4.69) is 5.32 Å². The predicted octanol–water partition coefficient (Wildman–Crippen LogP) is 3.51. The standard InChI is InChI=1S/C22H24N2O4S/c1-16-8-10-17(11-9-16)23-20(25)14-28-22(27)18-6-2-3-7-19(18)29-15-21(26)24-12-4-5-13-24/h2-3,6-11H,4-5,12-15H2,1H3,(H,23,25). The zero-order valence-electron chi connectivity index (χ0n) is 16.3. The van der Waals surface area contributed by atoms with Crippen LogP contribution in [0.3, 0.4) is 0 Å². The number of likely N-dealkylation sites (tertiary alicyclic amines) is 1. The Morgan fingerprint density at radius 2 is 1.72 bits per heavy atom. The number of carbonyl (C=O) groups is 3. The van der Waals surface area contributed by atoms with E-state index in [4.69, 9.17) is 4.74 Å². The highest BCUT2D eigenvalue weighted by atomic mass is 32.2. The van der Waals surface area contributed by atoms with E-state index in [0.717, 1.165) is 31.5 Å². The van der Waals surface area contributed by atoms with Gasteiger partial charge < -0.3 is 15.0 Å². The van der Waals surface area contributed by atoms with Gasteiger partial charge in [0.05, 0.1) is 11.3 Å². The second kappa shape index (κ2) is 10.1. The first-order valence-corrected chi connectivity index (χ1v) is 10.5. The van der Waals surface area contributed by atoms with Gasteiger partial charge in [0, 0.05) is 23.7 Å². The summed E-state index contributed by atoms with van der Waals surface area (Å²) in [4.78, 5) is 39.3. The molecule has 0 radical (unpaired) electrons. The lowest BCUT2D eigenvalue weighted by Gasteiger charge is -2.15. The molecule has 1 heterocycles. The van der Waals surface area contributed by atoms with E-state index in [-0.39, 0.29) is 18.3 Å². The van der Waals surface area contributed by atoms with E-state index in [1.165, 1.54) is 11.8 Å². The second-order valence-corrected chi connectivity index (χ2v) is 7.88. The molecule has 0 saturated carbocycles. The summed E-state index contributed by atoms with van der Waals surface area (Å²) in [5.74, 6) is -0.636. The number of hydrogen-bond acceptors (Lipinski definition) is 5. The molecule has 1 fully saturated rings. The number of amides is 2. The molecule has 1 N–H and O–H groups in total. The molecular formula is C22H24N2O4S. The van der Waals surface area contributed by atoms with Crippen molar-refractivity contribution in [3.05, 3.63) is 59.7 Å². The first-order chi connectivity index (χ1) is 14.0. The van der Waals surface area contributed by atoms with E-state index in [1.807, 2.05) is 30.0 Å². The van der Waals surface area contributed by atoms with Gasteiger partial charge in [-0.2, -0.15) is 0 Å². The van der Waals surface area contributed by atoms with Crippen LogP contribution < -0.4 is 5.32 Å². The molecule has 1 saturated heterocycles. The maximum Gasteiger partial charge on any atom is 0.339 e. The highest BCUT2D eigenvalue weighted by Crippen LogP contribution is 2.24. The van der Waals surface area contributed by atoms with Gasteiger partial charge in [0.2, 0.25) is 5.91 Å². The third-order valence-electron chi connectivity index (χ3n) is 4.59. The Kier molecular flexibility index (Phi) is 7.30. The van der Waals surface area contributed by atoms with Gasteiger partial charge in [-0.1, -0.05) is 29.8 Å². The van der Waals surface area contributed by atoms with Crippen molar-refractivity contribution in [1.82, 2.24) is 4.90 Å². The molecule has 29 heavy (non-hydrogen) atoms. The number of benzene rings is 2. The monoisotopic (exact) mass is 412 g/mol. The highest BCUT2D eigenvalue weighted by Gasteiger charge is 2.20. The Hall–Kier alpha value is -2.80. The van der Waals surface area contributed by atoms with Crippen molar-refractivity contribution in [1.29, 1.82) is 0 Å². The van der Waals surface area contributed by atoms with Crippen LogP contribution in [0.2, 0.25) is 0 Å². The lowest BCUT2D eigenvalue weighted by Crippen LogP contribution is -2.29. The molecule has 6 nitrogen and oxygen atoms in total. The van der Waals surface area contributed by atoms with Gasteiger partial charge in [0.25, 0.3) is 5.91 Å². The summed E-state index contributed by atoms with van der Waals surface area (Å²) in [6.07, 6.45) is 2.09. The average Bonchev–Trinajstić information content (AvgIpc) is 3.27. The van der Waals surface area contributed by atoms with Crippen LogP contribution in [-0.2, 0) is 14.3 Å². The number of rotatable bonds is 7. The van der Waals surface area contributed by atoms with Crippen LogP contribution in [0, 0.1) is 6.92 Å². The number of nitrogens with one attached hydrogen (secondary N) is 1. The number of aryl methyl sites for hydroxylation is 1. The summed E-state index contributed by atoms with van der Waals surface area (Å²) in [6.45, 7) is 3.19. The molecule has 0 aromatic heterocycles. The maximum atomic E-state index is 12.5. The van der Waals surface area contributed by atoms with Crippen molar-refractivity contribution in [3.63, 3.8) is 0 Å². The molecule has 2 amide bonds. The number of nitrogens with zero attached hydrogens (tertiary/aromatic N) is 1. The summed E-state index contributed by atoms with van der Waals surface area (Å²) in [7, 11) is 0. The van der Waals surface area contributed by atoms with Gasteiger partial charge in [0.15, 0.2) is 6.61 Å². The van der Waals surface area contributed by atoms with Crippen molar-refractivity contribution in [2.45, 2.75) is 24.7 Å².